The molecule has 5 rings (SSSR count). The van der Waals surface area contributed by atoms with Gasteiger partial charge in [0.25, 0.3) is 5.91 Å². The number of imide groups is 1. The van der Waals surface area contributed by atoms with Gasteiger partial charge in [0.15, 0.2) is 0 Å². The molecule has 190 valence electrons. The number of halogens is 1. The van der Waals surface area contributed by atoms with Crippen LogP contribution in [0.3, 0.4) is 0 Å². The fourth-order valence-electron chi connectivity index (χ4n) is 4.82. The van der Waals surface area contributed by atoms with E-state index in [9.17, 15) is 14.4 Å². The molecular formula is C25H28ClN5O5. The molecule has 3 heterocycles. The molecule has 2 aromatic rings. The van der Waals surface area contributed by atoms with Crippen LogP contribution < -0.4 is 9.64 Å². The minimum atomic E-state index is -0.693. The van der Waals surface area contributed by atoms with Gasteiger partial charge in [0.2, 0.25) is 0 Å². The van der Waals surface area contributed by atoms with Gasteiger partial charge in [0, 0.05) is 63.1 Å². The second-order valence-electron chi connectivity index (χ2n) is 9.02. The number of benzene rings is 2. The average Bonchev–Trinajstić information content (AvgIpc) is 3.13. The van der Waals surface area contributed by atoms with Gasteiger partial charge in [-0.05, 0) is 42.0 Å². The van der Waals surface area contributed by atoms with Gasteiger partial charge in [-0.15, -0.1) is 0 Å². The summed E-state index contributed by atoms with van der Waals surface area (Å²) in [6.07, 6.45) is -0.693. The Morgan fingerprint density at radius 3 is 2.44 bits per heavy atom. The molecule has 1 atom stereocenters. The smallest absolute Gasteiger partial charge is 0.434 e. The lowest BCUT2D eigenvalue weighted by Gasteiger charge is -2.35. The van der Waals surface area contributed by atoms with Crippen LogP contribution in [0.2, 0.25) is 5.02 Å². The zero-order valence-electron chi connectivity index (χ0n) is 20.0. The summed E-state index contributed by atoms with van der Waals surface area (Å²) in [5, 5.41) is 1.28. The molecule has 3 saturated heterocycles. The van der Waals surface area contributed by atoms with Gasteiger partial charge < -0.3 is 24.3 Å². The quantitative estimate of drug-likeness (QED) is 0.568. The molecule has 36 heavy (non-hydrogen) atoms. The van der Waals surface area contributed by atoms with E-state index in [0.717, 1.165) is 17.0 Å². The Morgan fingerprint density at radius 2 is 1.75 bits per heavy atom. The molecule has 0 aliphatic carbocycles. The zero-order chi connectivity index (χ0) is 25.2. The second kappa shape index (κ2) is 10.2. The van der Waals surface area contributed by atoms with Gasteiger partial charge in [-0.1, -0.05) is 28.8 Å². The summed E-state index contributed by atoms with van der Waals surface area (Å²) in [7, 11) is 1.62. The summed E-state index contributed by atoms with van der Waals surface area (Å²) in [4.78, 5) is 51.2. The lowest BCUT2D eigenvalue weighted by molar-refractivity contribution is -0.152. The number of anilines is 1. The van der Waals surface area contributed by atoms with Crippen molar-refractivity contribution in [3.8, 4) is 5.75 Å². The molecule has 3 aliphatic rings. The van der Waals surface area contributed by atoms with Crippen LogP contribution in [0.15, 0.2) is 48.5 Å². The Balaban J connectivity index is 1.15. The average molecular weight is 514 g/mol. The summed E-state index contributed by atoms with van der Waals surface area (Å²) in [5.41, 5.74) is 2.07. The molecule has 0 bridgehead atoms. The van der Waals surface area contributed by atoms with Crippen LogP contribution in [0.4, 0.5) is 15.3 Å². The van der Waals surface area contributed by atoms with Crippen molar-refractivity contribution in [2.45, 2.75) is 12.6 Å². The highest BCUT2D eigenvalue weighted by Gasteiger charge is 2.50. The maximum absolute atomic E-state index is 13.0. The number of rotatable bonds is 5. The number of hydrogen-bond acceptors (Lipinski definition) is 7. The van der Waals surface area contributed by atoms with E-state index in [0.29, 0.717) is 62.4 Å². The van der Waals surface area contributed by atoms with Crippen LogP contribution in [0.1, 0.15) is 5.56 Å². The standard InChI is InChI=1S/C25H28ClN5O5/c1-35-21-7-5-20(6-8-21)28-10-12-29(13-11-28)25(34)36-31-23(32)22-17-27(9-14-30(22)24(31)33)16-18-3-2-4-19(26)15-18/h2-8,15,22H,9-14,16-17H2,1H3. The number of methoxy groups -OCH3 is 1. The minimum absolute atomic E-state index is 0.367. The first kappa shape index (κ1) is 24.2. The maximum atomic E-state index is 13.0. The van der Waals surface area contributed by atoms with Crippen molar-refractivity contribution >= 4 is 35.3 Å². The van der Waals surface area contributed by atoms with Gasteiger partial charge in [0.05, 0.1) is 7.11 Å². The number of carbonyl (C=O) groups excluding carboxylic acids is 3. The number of ether oxygens (including phenoxy) is 1. The monoisotopic (exact) mass is 513 g/mol. The third-order valence-corrected chi connectivity index (χ3v) is 7.04. The number of amides is 4. The number of piperazine rings is 2. The fraction of sp³-hybridized carbons (Fsp3) is 0.400. The van der Waals surface area contributed by atoms with E-state index in [1.165, 1.54) is 9.80 Å². The van der Waals surface area contributed by atoms with Gasteiger partial charge in [-0.25, -0.2) is 9.59 Å². The zero-order valence-corrected chi connectivity index (χ0v) is 20.8. The maximum Gasteiger partial charge on any atom is 0.434 e. The van der Waals surface area contributed by atoms with Gasteiger partial charge >= 0.3 is 12.1 Å². The van der Waals surface area contributed by atoms with E-state index in [-0.39, 0.29) is 0 Å². The lowest BCUT2D eigenvalue weighted by atomic mass is 10.1. The van der Waals surface area contributed by atoms with Crippen LogP contribution in [0, 0.1) is 0 Å². The third kappa shape index (κ3) is 4.91. The molecule has 10 nitrogen and oxygen atoms in total. The van der Waals surface area contributed by atoms with Crippen molar-refractivity contribution in [1.82, 2.24) is 19.8 Å². The molecule has 2 aromatic carbocycles. The van der Waals surface area contributed by atoms with Crippen molar-refractivity contribution < 1.29 is 24.0 Å². The Kier molecular flexibility index (Phi) is 6.88. The molecule has 11 heteroatoms. The summed E-state index contributed by atoms with van der Waals surface area (Å²) in [6, 6.07) is 14.0. The van der Waals surface area contributed by atoms with Gasteiger partial charge in [0.1, 0.15) is 11.8 Å². The highest BCUT2D eigenvalue weighted by atomic mass is 35.5. The summed E-state index contributed by atoms with van der Waals surface area (Å²) < 4.78 is 5.20. The minimum Gasteiger partial charge on any atom is -0.497 e. The third-order valence-electron chi connectivity index (χ3n) is 6.81. The van der Waals surface area contributed by atoms with E-state index in [1.807, 2.05) is 48.5 Å². The normalized spacial score (nSPS) is 20.6. The van der Waals surface area contributed by atoms with Gasteiger partial charge in [-0.3, -0.25) is 9.69 Å². The molecule has 0 spiro atoms. The largest absolute Gasteiger partial charge is 0.497 e. The summed E-state index contributed by atoms with van der Waals surface area (Å²) >= 11 is 6.08. The SMILES string of the molecule is COc1ccc(N2CCN(C(=O)ON3C(=O)C4CN(Cc5cccc(Cl)c5)CCN4C3=O)CC2)cc1. The lowest BCUT2D eigenvalue weighted by Crippen LogP contribution is -2.52. The second-order valence-corrected chi connectivity index (χ2v) is 9.46. The number of hydrogen-bond donors (Lipinski definition) is 0. The van der Waals surface area contributed by atoms with Crippen LogP contribution in [-0.2, 0) is 16.2 Å². The molecular weight excluding hydrogens is 486 g/mol. The number of urea groups is 1. The van der Waals surface area contributed by atoms with Crippen LogP contribution >= 0.6 is 11.6 Å². The first-order chi connectivity index (χ1) is 17.4. The predicted octanol–water partition coefficient (Wildman–Crippen LogP) is 2.67. The first-order valence-corrected chi connectivity index (χ1v) is 12.3. The Morgan fingerprint density at radius 1 is 1.00 bits per heavy atom. The Labute approximate surface area is 214 Å². The number of fused-ring (bicyclic) bond motifs is 1. The molecule has 3 aliphatic heterocycles. The summed E-state index contributed by atoms with van der Waals surface area (Å²) in [5.74, 6) is 0.269. The van der Waals surface area contributed by atoms with Crippen LogP contribution in [-0.4, -0.2) is 96.8 Å². The molecule has 0 N–H and O–H groups in total. The molecule has 0 saturated carbocycles. The number of hydroxylamine groups is 2. The topological polar surface area (TPSA) is 85.9 Å². The van der Waals surface area contributed by atoms with E-state index < -0.39 is 24.1 Å². The van der Waals surface area contributed by atoms with Gasteiger partial charge in [-0.2, -0.15) is 0 Å². The Bertz CT molecular complexity index is 1140. The van der Waals surface area contributed by atoms with Crippen molar-refractivity contribution in [3.05, 3.63) is 59.1 Å². The highest BCUT2D eigenvalue weighted by Crippen LogP contribution is 2.25. The van der Waals surface area contributed by atoms with E-state index >= 15 is 0 Å². The van der Waals surface area contributed by atoms with Crippen LogP contribution in [0.5, 0.6) is 5.75 Å². The molecule has 0 radical (unpaired) electrons. The first-order valence-electron chi connectivity index (χ1n) is 11.9. The van der Waals surface area contributed by atoms with Crippen molar-refractivity contribution in [3.63, 3.8) is 0 Å². The molecule has 4 amide bonds. The molecule has 3 fully saturated rings. The highest BCUT2D eigenvalue weighted by molar-refractivity contribution is 6.30. The van der Waals surface area contributed by atoms with Crippen LogP contribution in [0.25, 0.3) is 0 Å². The van der Waals surface area contributed by atoms with Crippen molar-refractivity contribution in [2.75, 3.05) is 57.8 Å². The molecule has 0 aromatic heterocycles. The number of nitrogens with zero attached hydrogens (tertiary/aromatic N) is 5. The molecule has 1 unspecified atom stereocenters. The van der Waals surface area contributed by atoms with E-state index in [4.69, 9.17) is 21.2 Å². The van der Waals surface area contributed by atoms with E-state index in [2.05, 4.69) is 9.80 Å². The van der Waals surface area contributed by atoms with E-state index in [1.54, 1.807) is 7.11 Å². The number of carbonyl (C=O) groups is 3. The van der Waals surface area contributed by atoms with Crippen molar-refractivity contribution in [2.24, 2.45) is 0 Å². The predicted molar refractivity (Wildman–Crippen MR) is 133 cm³/mol. The summed E-state index contributed by atoms with van der Waals surface area (Å²) in [6.45, 7) is 4.02. The Hall–Kier alpha value is -3.50. The van der Waals surface area contributed by atoms with Crippen molar-refractivity contribution in [1.29, 1.82) is 0 Å². The fourth-order valence-corrected chi connectivity index (χ4v) is 5.04.